The third-order valence-electron chi connectivity index (χ3n) is 4.17. The molecule has 1 aliphatic heterocycles. The van der Waals surface area contributed by atoms with Gasteiger partial charge in [0, 0.05) is 30.9 Å². The van der Waals surface area contributed by atoms with Crippen molar-refractivity contribution >= 4 is 17.8 Å². The predicted molar refractivity (Wildman–Crippen MR) is 101 cm³/mol. The molecule has 1 fully saturated rings. The third-order valence-corrected chi connectivity index (χ3v) is 4.17. The number of hydrogen-bond acceptors (Lipinski definition) is 4. The van der Waals surface area contributed by atoms with Crippen LogP contribution in [0.1, 0.15) is 39.2 Å². The predicted octanol–water partition coefficient (Wildman–Crippen LogP) is 4.41. The largest absolute Gasteiger partial charge is 0.573 e. The van der Waals surface area contributed by atoms with Crippen LogP contribution in [0.2, 0.25) is 0 Å². The first-order chi connectivity index (χ1) is 13.3. The number of rotatable bonds is 3. The fourth-order valence-corrected chi connectivity index (χ4v) is 2.81. The van der Waals surface area contributed by atoms with Gasteiger partial charge in [0.2, 0.25) is 0 Å². The number of nitrogens with zero attached hydrogens (tertiary/aromatic N) is 1. The second kappa shape index (κ2) is 8.79. The van der Waals surface area contributed by atoms with E-state index in [-0.39, 0.29) is 11.7 Å². The highest BCUT2D eigenvalue weighted by molar-refractivity contribution is 5.90. The topological polar surface area (TPSA) is 79.9 Å². The molecular weight excluding hydrogens is 391 g/mol. The maximum atomic E-state index is 12.4. The molecule has 1 heterocycles. The van der Waals surface area contributed by atoms with Gasteiger partial charge in [-0.1, -0.05) is 6.07 Å². The molecule has 29 heavy (non-hydrogen) atoms. The molecule has 2 N–H and O–H groups in total. The minimum Gasteiger partial charge on any atom is -0.444 e. The quantitative estimate of drug-likeness (QED) is 0.763. The molecule has 0 saturated carbocycles. The van der Waals surface area contributed by atoms with Gasteiger partial charge in [0.05, 0.1) is 0 Å². The Morgan fingerprint density at radius 3 is 2.31 bits per heavy atom. The van der Waals surface area contributed by atoms with E-state index in [4.69, 9.17) is 4.74 Å². The van der Waals surface area contributed by atoms with Crippen LogP contribution in [0.4, 0.5) is 28.4 Å². The van der Waals surface area contributed by atoms with E-state index in [1.807, 2.05) is 0 Å². The molecule has 3 amide bonds. The van der Waals surface area contributed by atoms with Gasteiger partial charge in [0.15, 0.2) is 0 Å². The normalized spacial score (nSPS) is 15.6. The van der Waals surface area contributed by atoms with E-state index in [0.717, 1.165) is 6.07 Å². The van der Waals surface area contributed by atoms with Crippen LogP contribution < -0.4 is 15.4 Å². The SMILES string of the molecule is Cc1ccc(OC(F)(F)F)cc1NC(=O)NC1CCN(C(=O)OC(C)(C)C)CC1. The van der Waals surface area contributed by atoms with Gasteiger partial charge in [0.1, 0.15) is 11.4 Å². The van der Waals surface area contributed by atoms with Crippen LogP contribution in [-0.2, 0) is 4.74 Å². The Balaban J connectivity index is 1.86. The zero-order valence-corrected chi connectivity index (χ0v) is 16.9. The summed E-state index contributed by atoms with van der Waals surface area (Å²) < 4.78 is 46.3. The summed E-state index contributed by atoms with van der Waals surface area (Å²) >= 11 is 0. The van der Waals surface area contributed by atoms with Crippen LogP contribution in [0.25, 0.3) is 0 Å². The Bertz CT molecular complexity index is 739. The molecule has 2 rings (SSSR count). The number of aryl methyl sites for hydroxylation is 1. The van der Waals surface area contributed by atoms with Gasteiger partial charge in [-0.2, -0.15) is 0 Å². The molecule has 1 aromatic carbocycles. The number of alkyl halides is 3. The maximum Gasteiger partial charge on any atom is 0.573 e. The van der Waals surface area contributed by atoms with Gasteiger partial charge < -0.3 is 25.0 Å². The van der Waals surface area contributed by atoms with Gasteiger partial charge in [-0.15, -0.1) is 13.2 Å². The van der Waals surface area contributed by atoms with Crippen molar-refractivity contribution in [2.24, 2.45) is 0 Å². The van der Waals surface area contributed by atoms with Crippen molar-refractivity contribution < 1.29 is 32.2 Å². The Morgan fingerprint density at radius 2 is 1.76 bits per heavy atom. The highest BCUT2D eigenvalue weighted by Crippen LogP contribution is 2.27. The van der Waals surface area contributed by atoms with Crippen molar-refractivity contribution in [2.75, 3.05) is 18.4 Å². The Morgan fingerprint density at radius 1 is 1.14 bits per heavy atom. The summed E-state index contributed by atoms with van der Waals surface area (Å²) in [4.78, 5) is 25.9. The average molecular weight is 417 g/mol. The van der Waals surface area contributed by atoms with Crippen LogP contribution in [0.5, 0.6) is 5.75 Å². The smallest absolute Gasteiger partial charge is 0.444 e. The van der Waals surface area contributed by atoms with Crippen molar-refractivity contribution in [3.05, 3.63) is 23.8 Å². The summed E-state index contributed by atoms with van der Waals surface area (Å²) in [5, 5.41) is 5.32. The molecule has 0 unspecified atom stereocenters. The molecule has 0 atom stereocenters. The number of carbonyl (C=O) groups is 2. The van der Waals surface area contributed by atoms with Gasteiger partial charge in [-0.3, -0.25) is 0 Å². The number of anilines is 1. The molecule has 7 nitrogen and oxygen atoms in total. The Labute approximate surface area is 167 Å². The van der Waals surface area contributed by atoms with E-state index >= 15 is 0 Å². The van der Waals surface area contributed by atoms with E-state index < -0.39 is 29.8 Å². The van der Waals surface area contributed by atoms with Crippen LogP contribution in [0, 0.1) is 6.92 Å². The second-order valence-corrected chi connectivity index (χ2v) is 7.86. The second-order valence-electron chi connectivity index (χ2n) is 7.86. The summed E-state index contributed by atoms with van der Waals surface area (Å²) in [6.07, 6.45) is -4.11. The van der Waals surface area contributed by atoms with Gasteiger partial charge in [0.25, 0.3) is 0 Å². The highest BCUT2D eigenvalue weighted by Gasteiger charge is 2.31. The van der Waals surface area contributed by atoms with Crippen LogP contribution in [-0.4, -0.2) is 48.1 Å². The number of hydrogen-bond donors (Lipinski definition) is 2. The van der Waals surface area contributed by atoms with Crippen molar-refractivity contribution in [2.45, 2.75) is 58.5 Å². The lowest BCUT2D eigenvalue weighted by Crippen LogP contribution is -2.48. The van der Waals surface area contributed by atoms with Crippen molar-refractivity contribution in [3.63, 3.8) is 0 Å². The molecule has 1 aliphatic rings. The first-order valence-corrected chi connectivity index (χ1v) is 9.24. The molecule has 0 spiro atoms. The number of carbonyl (C=O) groups excluding carboxylic acids is 2. The number of ether oxygens (including phenoxy) is 2. The lowest BCUT2D eigenvalue weighted by Gasteiger charge is -2.33. The zero-order chi connectivity index (χ0) is 21.8. The lowest BCUT2D eigenvalue weighted by molar-refractivity contribution is -0.274. The van der Waals surface area contributed by atoms with Crippen LogP contribution >= 0.6 is 0 Å². The fraction of sp³-hybridized carbons (Fsp3) is 0.579. The number of urea groups is 1. The lowest BCUT2D eigenvalue weighted by atomic mass is 10.1. The first kappa shape index (κ1) is 22.6. The molecule has 0 aromatic heterocycles. The molecule has 0 radical (unpaired) electrons. The summed E-state index contributed by atoms with van der Waals surface area (Å²) in [5.41, 5.74) is 0.235. The van der Waals surface area contributed by atoms with Crippen molar-refractivity contribution in [3.8, 4) is 5.75 Å². The summed E-state index contributed by atoms with van der Waals surface area (Å²) in [5.74, 6) is -0.413. The number of piperidine rings is 1. The minimum absolute atomic E-state index is 0.163. The van der Waals surface area contributed by atoms with Gasteiger partial charge in [-0.25, -0.2) is 9.59 Å². The molecule has 1 aromatic rings. The maximum absolute atomic E-state index is 12.4. The average Bonchev–Trinajstić information content (AvgIpc) is 2.55. The Hall–Kier alpha value is -2.65. The molecule has 1 saturated heterocycles. The Kier molecular flexibility index (Phi) is 6.86. The monoisotopic (exact) mass is 417 g/mol. The summed E-state index contributed by atoms with van der Waals surface area (Å²) in [6, 6.07) is 3.03. The van der Waals surface area contributed by atoms with E-state index in [1.54, 1.807) is 32.6 Å². The number of benzene rings is 1. The van der Waals surface area contributed by atoms with Gasteiger partial charge in [-0.05, 0) is 52.2 Å². The zero-order valence-electron chi connectivity index (χ0n) is 16.9. The van der Waals surface area contributed by atoms with E-state index in [0.29, 0.717) is 31.5 Å². The van der Waals surface area contributed by atoms with Crippen molar-refractivity contribution in [1.29, 1.82) is 0 Å². The fourth-order valence-electron chi connectivity index (χ4n) is 2.81. The van der Waals surface area contributed by atoms with E-state index in [9.17, 15) is 22.8 Å². The molecule has 0 bridgehead atoms. The van der Waals surface area contributed by atoms with E-state index in [1.165, 1.54) is 12.1 Å². The minimum atomic E-state index is -4.81. The highest BCUT2D eigenvalue weighted by atomic mass is 19.4. The number of likely N-dealkylation sites (tertiary alicyclic amines) is 1. The van der Waals surface area contributed by atoms with Gasteiger partial charge >= 0.3 is 18.5 Å². The van der Waals surface area contributed by atoms with Crippen LogP contribution in [0.3, 0.4) is 0 Å². The third kappa shape index (κ3) is 7.71. The van der Waals surface area contributed by atoms with Crippen LogP contribution in [0.15, 0.2) is 18.2 Å². The summed E-state index contributed by atoms with van der Waals surface area (Å²) in [6.45, 7) is 7.91. The summed E-state index contributed by atoms with van der Waals surface area (Å²) in [7, 11) is 0. The van der Waals surface area contributed by atoms with Crippen molar-refractivity contribution in [1.82, 2.24) is 10.2 Å². The number of nitrogens with one attached hydrogen (secondary N) is 2. The molecule has 0 aliphatic carbocycles. The molecular formula is C19H26F3N3O4. The first-order valence-electron chi connectivity index (χ1n) is 9.24. The number of halogens is 3. The standard InChI is InChI=1S/C19H26F3N3O4/c1-12-5-6-14(28-19(20,21)22)11-15(12)24-16(26)23-13-7-9-25(10-8-13)17(27)29-18(2,3)4/h5-6,11,13H,7-10H2,1-4H3,(H2,23,24,26). The molecule has 162 valence electrons. The van der Waals surface area contributed by atoms with E-state index in [2.05, 4.69) is 15.4 Å². The molecule has 10 heteroatoms. The number of amides is 3.